The first-order valence-electron chi connectivity index (χ1n) is 9.46. The van der Waals surface area contributed by atoms with Gasteiger partial charge in [-0.1, -0.05) is 6.07 Å². The Kier molecular flexibility index (Phi) is 7.28. The minimum atomic E-state index is -3.95. The van der Waals surface area contributed by atoms with Crippen molar-refractivity contribution in [2.45, 2.75) is 17.7 Å². The number of rotatable bonds is 10. The van der Waals surface area contributed by atoms with E-state index in [9.17, 15) is 27.7 Å². The molecule has 3 rings (SSSR count). The van der Waals surface area contributed by atoms with E-state index in [1.807, 2.05) is 0 Å². The lowest BCUT2D eigenvalue weighted by atomic mass is 10.2. The third kappa shape index (κ3) is 6.18. The molecule has 168 valence electrons. The summed E-state index contributed by atoms with van der Waals surface area (Å²) in [4.78, 5) is 25.9. The van der Waals surface area contributed by atoms with Crippen molar-refractivity contribution >= 4 is 21.6 Å². The zero-order valence-electron chi connectivity index (χ0n) is 16.7. The second-order valence-corrected chi connectivity index (χ2v) is 8.39. The molecule has 3 aromatic rings. The van der Waals surface area contributed by atoms with Gasteiger partial charge in [0.1, 0.15) is 5.82 Å². The van der Waals surface area contributed by atoms with Crippen LogP contribution in [-0.4, -0.2) is 37.3 Å². The van der Waals surface area contributed by atoms with Crippen LogP contribution >= 0.6 is 0 Å². The maximum absolute atomic E-state index is 13.0. The molecule has 0 unspecified atom stereocenters. The van der Waals surface area contributed by atoms with Crippen LogP contribution in [-0.2, 0) is 21.2 Å². The fourth-order valence-corrected chi connectivity index (χ4v) is 3.79. The summed E-state index contributed by atoms with van der Waals surface area (Å²) < 4.78 is 45.2. The first-order chi connectivity index (χ1) is 15.2. The summed E-state index contributed by atoms with van der Waals surface area (Å²) >= 11 is 0. The van der Waals surface area contributed by atoms with Crippen molar-refractivity contribution in [3.8, 4) is 11.3 Å². The van der Waals surface area contributed by atoms with Gasteiger partial charge in [-0.25, -0.2) is 22.5 Å². The lowest BCUT2D eigenvalue weighted by Gasteiger charge is -2.08. The number of aromatic nitrogens is 1. The van der Waals surface area contributed by atoms with E-state index in [-0.39, 0.29) is 48.2 Å². The highest BCUT2D eigenvalue weighted by Gasteiger charge is 2.17. The topological polar surface area (TPSA) is 144 Å². The fourth-order valence-electron chi connectivity index (χ4n) is 2.72. The van der Waals surface area contributed by atoms with Crippen molar-refractivity contribution in [3.63, 3.8) is 0 Å². The zero-order chi connectivity index (χ0) is 23.1. The summed E-state index contributed by atoms with van der Waals surface area (Å²) in [6, 6.07) is 10.4. The largest absolute Gasteiger partial charge is 0.441 e. The van der Waals surface area contributed by atoms with Crippen molar-refractivity contribution in [1.82, 2.24) is 15.0 Å². The first-order valence-corrected chi connectivity index (χ1v) is 10.9. The summed E-state index contributed by atoms with van der Waals surface area (Å²) in [6.45, 7) is -0.0656. The molecule has 0 saturated carbocycles. The molecule has 0 spiro atoms. The number of hydrogen-bond donors (Lipinski definition) is 2. The summed E-state index contributed by atoms with van der Waals surface area (Å²) in [7, 11) is -3.95. The Bertz CT molecular complexity index is 1210. The van der Waals surface area contributed by atoms with Crippen molar-refractivity contribution in [2.24, 2.45) is 0 Å². The van der Waals surface area contributed by atoms with Crippen LogP contribution in [0.4, 0.5) is 10.1 Å². The smallest absolute Gasteiger partial charge is 0.270 e. The van der Waals surface area contributed by atoms with Gasteiger partial charge >= 0.3 is 0 Å². The van der Waals surface area contributed by atoms with Gasteiger partial charge in [0, 0.05) is 43.6 Å². The predicted molar refractivity (Wildman–Crippen MR) is 112 cm³/mol. The third-order valence-corrected chi connectivity index (χ3v) is 5.78. The summed E-state index contributed by atoms with van der Waals surface area (Å²) in [5.41, 5.74) is 0.320. The number of hydrogen-bond acceptors (Lipinski definition) is 7. The SMILES string of the molecule is O=C(CCc1ncc(-c2ccc(F)cc2)o1)NCCNS(=O)(=O)c1cccc([N+](=O)[O-])c1. The molecular formula is C20H19FN4O6S. The molecule has 0 aliphatic rings. The van der Waals surface area contributed by atoms with Crippen LogP contribution in [0.15, 0.2) is 64.0 Å². The summed E-state index contributed by atoms with van der Waals surface area (Å²) in [6.07, 6.45) is 1.79. The minimum Gasteiger partial charge on any atom is -0.441 e. The molecule has 2 aromatic carbocycles. The highest BCUT2D eigenvalue weighted by molar-refractivity contribution is 7.89. The number of carbonyl (C=O) groups excluding carboxylic acids is 1. The van der Waals surface area contributed by atoms with Crippen LogP contribution in [0.5, 0.6) is 0 Å². The third-order valence-electron chi connectivity index (χ3n) is 4.33. The van der Waals surface area contributed by atoms with Crippen molar-refractivity contribution < 1.29 is 26.9 Å². The number of sulfonamides is 1. The number of nitro groups is 1. The average Bonchev–Trinajstić information content (AvgIpc) is 3.25. The molecule has 0 aliphatic carbocycles. The van der Waals surface area contributed by atoms with Gasteiger partial charge in [-0.2, -0.15) is 0 Å². The van der Waals surface area contributed by atoms with Gasteiger partial charge in [-0.15, -0.1) is 0 Å². The molecule has 32 heavy (non-hydrogen) atoms. The second kappa shape index (κ2) is 10.1. The highest BCUT2D eigenvalue weighted by Crippen LogP contribution is 2.21. The summed E-state index contributed by atoms with van der Waals surface area (Å²) in [5, 5.41) is 13.3. The molecule has 0 aliphatic heterocycles. The Morgan fingerprint density at radius 2 is 1.91 bits per heavy atom. The Balaban J connectivity index is 1.42. The number of aryl methyl sites for hydroxylation is 1. The molecule has 2 N–H and O–H groups in total. The average molecular weight is 462 g/mol. The Hall–Kier alpha value is -3.64. The van der Waals surface area contributed by atoms with Crippen LogP contribution in [0, 0.1) is 15.9 Å². The fraction of sp³-hybridized carbons (Fsp3) is 0.200. The van der Waals surface area contributed by atoms with Gasteiger partial charge in [0.25, 0.3) is 5.69 Å². The van der Waals surface area contributed by atoms with Gasteiger partial charge in [0.2, 0.25) is 15.9 Å². The van der Waals surface area contributed by atoms with Gasteiger partial charge in [0.05, 0.1) is 16.0 Å². The predicted octanol–water partition coefficient (Wildman–Crippen LogP) is 2.42. The monoisotopic (exact) mass is 462 g/mol. The van der Waals surface area contributed by atoms with E-state index in [1.54, 1.807) is 12.1 Å². The van der Waals surface area contributed by atoms with E-state index in [0.29, 0.717) is 17.2 Å². The molecule has 1 amide bonds. The molecule has 0 bridgehead atoms. The Morgan fingerprint density at radius 3 is 2.62 bits per heavy atom. The number of benzene rings is 2. The highest BCUT2D eigenvalue weighted by atomic mass is 32.2. The number of amides is 1. The summed E-state index contributed by atoms with van der Waals surface area (Å²) in [5.74, 6) is 0.0976. The van der Waals surface area contributed by atoms with Gasteiger partial charge in [-0.05, 0) is 30.3 Å². The maximum Gasteiger partial charge on any atom is 0.270 e. The van der Waals surface area contributed by atoms with Gasteiger partial charge in [0.15, 0.2) is 11.7 Å². The molecule has 1 heterocycles. The molecular weight excluding hydrogens is 443 g/mol. The molecule has 0 saturated heterocycles. The molecule has 10 nitrogen and oxygen atoms in total. The molecule has 1 aromatic heterocycles. The van der Waals surface area contributed by atoms with E-state index < -0.39 is 14.9 Å². The van der Waals surface area contributed by atoms with Crippen LogP contribution in [0.25, 0.3) is 11.3 Å². The Labute approximate surface area is 182 Å². The van der Waals surface area contributed by atoms with Gasteiger partial charge in [-0.3, -0.25) is 14.9 Å². The first kappa shape index (κ1) is 23.0. The van der Waals surface area contributed by atoms with E-state index in [1.165, 1.54) is 36.5 Å². The lowest BCUT2D eigenvalue weighted by Crippen LogP contribution is -2.34. The Morgan fingerprint density at radius 1 is 1.16 bits per heavy atom. The van der Waals surface area contributed by atoms with Gasteiger partial charge < -0.3 is 9.73 Å². The van der Waals surface area contributed by atoms with Crippen LogP contribution < -0.4 is 10.0 Å². The number of nitrogens with zero attached hydrogens (tertiary/aromatic N) is 2. The van der Waals surface area contributed by atoms with Crippen molar-refractivity contribution in [1.29, 1.82) is 0 Å². The number of carbonyl (C=O) groups is 1. The van der Waals surface area contributed by atoms with Crippen molar-refractivity contribution in [2.75, 3.05) is 13.1 Å². The lowest BCUT2D eigenvalue weighted by molar-refractivity contribution is -0.385. The molecule has 12 heteroatoms. The number of halogens is 1. The maximum atomic E-state index is 13.0. The van der Waals surface area contributed by atoms with Crippen LogP contribution in [0.3, 0.4) is 0 Å². The van der Waals surface area contributed by atoms with E-state index in [2.05, 4.69) is 15.0 Å². The number of nitro benzene ring substituents is 1. The molecule has 0 atom stereocenters. The van der Waals surface area contributed by atoms with Crippen molar-refractivity contribution in [3.05, 3.63) is 76.6 Å². The zero-order valence-corrected chi connectivity index (χ0v) is 17.5. The van der Waals surface area contributed by atoms with E-state index >= 15 is 0 Å². The van der Waals surface area contributed by atoms with Crippen LogP contribution in [0.1, 0.15) is 12.3 Å². The quantitative estimate of drug-likeness (QED) is 0.267. The number of oxazole rings is 1. The molecule has 0 fully saturated rings. The minimum absolute atomic E-state index is 0.0272. The number of non-ortho nitro benzene ring substituents is 1. The number of nitrogens with one attached hydrogen (secondary N) is 2. The molecule has 0 radical (unpaired) electrons. The normalized spacial score (nSPS) is 11.3. The van der Waals surface area contributed by atoms with E-state index in [0.717, 1.165) is 6.07 Å². The second-order valence-electron chi connectivity index (χ2n) is 6.63. The van der Waals surface area contributed by atoms with Crippen LogP contribution in [0.2, 0.25) is 0 Å². The van der Waals surface area contributed by atoms with E-state index in [4.69, 9.17) is 4.42 Å². The standard InChI is InChI=1S/C20H19FN4O6S/c21-15-6-4-14(5-7-15)18-13-23-20(31-18)9-8-19(26)22-10-11-24-32(29,30)17-3-1-2-16(12-17)25(27)28/h1-7,12-13,24H,8-11H2,(H,22,26).